The largest absolute Gasteiger partial charge is 0.392 e. The van der Waals surface area contributed by atoms with E-state index in [0.717, 1.165) is 0 Å². The molecule has 0 saturated carbocycles. The average molecular weight is 281 g/mol. The van der Waals surface area contributed by atoms with Gasteiger partial charge in [0, 0.05) is 36.5 Å². The van der Waals surface area contributed by atoms with Crippen LogP contribution in [0.5, 0.6) is 0 Å². The highest BCUT2D eigenvalue weighted by atomic mass is 16.6. The highest BCUT2D eigenvalue weighted by molar-refractivity contribution is 5.81. The predicted molar refractivity (Wildman–Crippen MR) is 75.6 cm³/mol. The number of nitro benzene ring substituents is 1. The number of nitro groups is 1. The van der Waals surface area contributed by atoms with Gasteiger partial charge in [-0.2, -0.15) is 0 Å². The second kappa shape index (κ2) is 7.44. The van der Waals surface area contributed by atoms with Gasteiger partial charge >= 0.3 is 0 Å². The summed E-state index contributed by atoms with van der Waals surface area (Å²) in [6, 6.07) is 4.26. The lowest BCUT2D eigenvalue weighted by Gasteiger charge is -2.24. The van der Waals surface area contributed by atoms with Gasteiger partial charge < -0.3 is 15.3 Å². The topological polar surface area (TPSA) is 95.7 Å². The Morgan fingerprint density at radius 1 is 1.45 bits per heavy atom. The zero-order valence-electron chi connectivity index (χ0n) is 11.6. The second-order valence-corrected chi connectivity index (χ2v) is 4.20. The first kappa shape index (κ1) is 15.9. The molecule has 0 heterocycles. The molecular formula is C13H19N3O4. The van der Waals surface area contributed by atoms with Crippen molar-refractivity contribution in [1.29, 1.82) is 0 Å². The highest BCUT2D eigenvalue weighted by Crippen LogP contribution is 2.25. The summed E-state index contributed by atoms with van der Waals surface area (Å²) in [5, 5.41) is 22.8. The number of hydrogen-bond acceptors (Lipinski definition) is 5. The van der Waals surface area contributed by atoms with Crippen LogP contribution in [0.4, 0.5) is 11.4 Å². The SMILES string of the molecule is CCNC(=O)CN(CC)c1ccc([N+](=O)[O-])cc1CO. The Balaban J connectivity index is 3.02. The van der Waals surface area contributed by atoms with Gasteiger partial charge in [0.25, 0.3) is 5.69 Å². The van der Waals surface area contributed by atoms with E-state index in [4.69, 9.17) is 0 Å². The van der Waals surface area contributed by atoms with Crippen LogP contribution in [0.3, 0.4) is 0 Å². The molecule has 0 unspecified atom stereocenters. The third-order valence-electron chi connectivity index (χ3n) is 2.88. The van der Waals surface area contributed by atoms with Crippen molar-refractivity contribution in [3.63, 3.8) is 0 Å². The first-order valence-electron chi connectivity index (χ1n) is 6.43. The number of rotatable bonds is 7. The van der Waals surface area contributed by atoms with Crippen molar-refractivity contribution < 1.29 is 14.8 Å². The van der Waals surface area contributed by atoms with Gasteiger partial charge in [0.15, 0.2) is 0 Å². The summed E-state index contributed by atoms with van der Waals surface area (Å²) in [7, 11) is 0. The molecule has 0 aromatic heterocycles. The summed E-state index contributed by atoms with van der Waals surface area (Å²) in [5.41, 5.74) is 0.990. The fourth-order valence-corrected chi connectivity index (χ4v) is 1.91. The van der Waals surface area contributed by atoms with Crippen molar-refractivity contribution in [3.8, 4) is 0 Å². The van der Waals surface area contributed by atoms with Crippen molar-refractivity contribution in [2.24, 2.45) is 0 Å². The standard InChI is InChI=1S/C13H19N3O4/c1-3-14-13(18)8-15(4-2)12-6-5-11(16(19)20)7-10(12)9-17/h5-7,17H,3-4,8-9H2,1-2H3,(H,14,18). The van der Waals surface area contributed by atoms with Crippen LogP contribution in [-0.4, -0.2) is 35.6 Å². The van der Waals surface area contributed by atoms with Crippen molar-refractivity contribution in [3.05, 3.63) is 33.9 Å². The minimum atomic E-state index is -0.511. The van der Waals surface area contributed by atoms with E-state index < -0.39 is 4.92 Å². The molecule has 0 aliphatic carbocycles. The zero-order chi connectivity index (χ0) is 15.1. The second-order valence-electron chi connectivity index (χ2n) is 4.20. The molecule has 1 aromatic carbocycles. The van der Waals surface area contributed by atoms with E-state index >= 15 is 0 Å². The maximum Gasteiger partial charge on any atom is 0.269 e. The van der Waals surface area contributed by atoms with Crippen LogP contribution >= 0.6 is 0 Å². The molecule has 0 atom stereocenters. The molecule has 0 spiro atoms. The molecule has 7 nitrogen and oxygen atoms in total. The molecule has 0 aliphatic heterocycles. The van der Waals surface area contributed by atoms with Crippen molar-refractivity contribution >= 4 is 17.3 Å². The van der Waals surface area contributed by atoms with Gasteiger partial charge in [-0.1, -0.05) is 0 Å². The van der Waals surface area contributed by atoms with Crippen LogP contribution in [0.1, 0.15) is 19.4 Å². The number of hydrogen-bond donors (Lipinski definition) is 2. The number of likely N-dealkylation sites (N-methyl/N-ethyl adjacent to an activating group) is 2. The number of carbonyl (C=O) groups excluding carboxylic acids is 1. The van der Waals surface area contributed by atoms with E-state index in [1.807, 2.05) is 13.8 Å². The number of benzene rings is 1. The Bertz CT molecular complexity index is 491. The van der Waals surface area contributed by atoms with Crippen LogP contribution < -0.4 is 10.2 Å². The van der Waals surface area contributed by atoms with Crippen molar-refractivity contribution in [1.82, 2.24) is 5.32 Å². The van der Waals surface area contributed by atoms with Gasteiger partial charge in [-0.05, 0) is 19.9 Å². The summed E-state index contributed by atoms with van der Waals surface area (Å²) in [5.74, 6) is -0.128. The molecule has 1 aromatic rings. The smallest absolute Gasteiger partial charge is 0.269 e. The Labute approximate surface area is 117 Å². The van der Waals surface area contributed by atoms with Crippen LogP contribution in [0.15, 0.2) is 18.2 Å². The molecule has 0 bridgehead atoms. The Morgan fingerprint density at radius 2 is 2.15 bits per heavy atom. The fourth-order valence-electron chi connectivity index (χ4n) is 1.91. The highest BCUT2D eigenvalue weighted by Gasteiger charge is 2.16. The molecule has 1 rings (SSSR count). The summed E-state index contributed by atoms with van der Waals surface area (Å²) >= 11 is 0. The fraction of sp³-hybridized carbons (Fsp3) is 0.462. The van der Waals surface area contributed by atoms with E-state index in [0.29, 0.717) is 24.3 Å². The third kappa shape index (κ3) is 3.92. The first-order valence-corrected chi connectivity index (χ1v) is 6.43. The first-order chi connectivity index (χ1) is 9.53. The lowest BCUT2D eigenvalue weighted by molar-refractivity contribution is -0.384. The maximum absolute atomic E-state index is 11.6. The van der Waals surface area contributed by atoms with E-state index in [1.54, 1.807) is 11.0 Å². The number of nitrogens with one attached hydrogen (secondary N) is 1. The van der Waals surface area contributed by atoms with Gasteiger partial charge in [-0.3, -0.25) is 14.9 Å². The lowest BCUT2D eigenvalue weighted by Crippen LogP contribution is -2.37. The summed E-state index contributed by atoms with van der Waals surface area (Å²) in [4.78, 5) is 23.6. The minimum absolute atomic E-state index is 0.0770. The number of aliphatic hydroxyl groups excluding tert-OH is 1. The molecule has 0 radical (unpaired) electrons. The van der Waals surface area contributed by atoms with Crippen molar-refractivity contribution in [2.75, 3.05) is 24.5 Å². The molecule has 0 saturated heterocycles. The molecule has 1 amide bonds. The van der Waals surface area contributed by atoms with Gasteiger partial charge in [0.05, 0.1) is 18.1 Å². The molecular weight excluding hydrogens is 262 g/mol. The molecule has 2 N–H and O–H groups in total. The van der Waals surface area contributed by atoms with Gasteiger partial charge in [0.2, 0.25) is 5.91 Å². The molecule has 20 heavy (non-hydrogen) atoms. The summed E-state index contributed by atoms with van der Waals surface area (Å²) < 4.78 is 0. The quantitative estimate of drug-likeness (QED) is 0.575. The average Bonchev–Trinajstić information content (AvgIpc) is 2.44. The molecule has 0 aliphatic rings. The third-order valence-corrected chi connectivity index (χ3v) is 2.88. The maximum atomic E-state index is 11.6. The number of anilines is 1. The summed E-state index contributed by atoms with van der Waals surface area (Å²) in [6.45, 7) is 4.64. The Hall–Kier alpha value is -2.15. The lowest BCUT2D eigenvalue weighted by atomic mass is 10.1. The normalized spacial score (nSPS) is 10.2. The Kier molecular flexibility index (Phi) is 5.92. The number of non-ortho nitro benzene ring substituents is 1. The van der Waals surface area contributed by atoms with E-state index in [9.17, 15) is 20.0 Å². The number of nitrogens with zero attached hydrogens (tertiary/aromatic N) is 2. The van der Waals surface area contributed by atoms with Gasteiger partial charge in [-0.15, -0.1) is 0 Å². The summed E-state index contributed by atoms with van der Waals surface area (Å²) in [6.07, 6.45) is 0. The predicted octanol–water partition coefficient (Wildman–Crippen LogP) is 1.05. The van der Waals surface area contributed by atoms with E-state index in [1.165, 1.54) is 12.1 Å². The Morgan fingerprint density at radius 3 is 2.65 bits per heavy atom. The zero-order valence-corrected chi connectivity index (χ0v) is 11.6. The van der Waals surface area contributed by atoms with E-state index in [2.05, 4.69) is 5.32 Å². The van der Waals surface area contributed by atoms with Crippen LogP contribution in [0.2, 0.25) is 0 Å². The minimum Gasteiger partial charge on any atom is -0.392 e. The van der Waals surface area contributed by atoms with Crippen LogP contribution in [0, 0.1) is 10.1 Å². The molecule has 110 valence electrons. The number of amides is 1. The van der Waals surface area contributed by atoms with Crippen LogP contribution in [-0.2, 0) is 11.4 Å². The number of carbonyl (C=O) groups is 1. The molecule has 7 heteroatoms. The van der Waals surface area contributed by atoms with Gasteiger partial charge in [0.1, 0.15) is 0 Å². The number of aliphatic hydroxyl groups is 1. The van der Waals surface area contributed by atoms with Crippen molar-refractivity contribution in [2.45, 2.75) is 20.5 Å². The monoisotopic (exact) mass is 281 g/mol. The van der Waals surface area contributed by atoms with E-state index in [-0.39, 0.29) is 24.7 Å². The van der Waals surface area contributed by atoms with Crippen LogP contribution in [0.25, 0.3) is 0 Å². The van der Waals surface area contributed by atoms with Gasteiger partial charge in [-0.25, -0.2) is 0 Å². The molecule has 0 fully saturated rings.